The van der Waals surface area contributed by atoms with Crippen molar-refractivity contribution in [2.75, 3.05) is 0 Å². The lowest BCUT2D eigenvalue weighted by atomic mass is 9.81. The number of rotatable bonds is 2. The fraction of sp³-hybridized carbons (Fsp3) is 0.769. The largest absolute Gasteiger partial charge is 0.459 e. The molecule has 0 bridgehead atoms. The minimum atomic E-state index is -0.315. The Balaban J connectivity index is 2.78. The van der Waals surface area contributed by atoms with Gasteiger partial charge < -0.3 is 4.74 Å². The van der Waals surface area contributed by atoms with Crippen LogP contribution in [0.3, 0.4) is 0 Å². The quantitative estimate of drug-likeness (QED) is 0.433. The smallest absolute Gasteiger partial charge is 0.333 e. The van der Waals surface area contributed by atoms with Crippen molar-refractivity contribution < 1.29 is 9.53 Å². The average molecular weight is 260 g/mol. The van der Waals surface area contributed by atoms with Crippen molar-refractivity contribution >= 4 is 17.7 Å². The maximum absolute atomic E-state index is 11.5. The second kappa shape index (κ2) is 4.62. The third-order valence-electron chi connectivity index (χ3n) is 3.14. The number of nitrogens with zero attached hydrogens (tertiary/aromatic N) is 1. The molecular formula is C13H22ClNO2. The molecule has 1 aliphatic rings. The molecule has 0 spiro atoms. The molecule has 0 saturated carbocycles. The number of hydrogen-bond acceptors (Lipinski definition) is 3. The predicted octanol–water partition coefficient (Wildman–Crippen LogP) is 3.28. The summed E-state index contributed by atoms with van der Waals surface area (Å²) in [7, 11) is 0. The van der Waals surface area contributed by atoms with Crippen molar-refractivity contribution in [3.8, 4) is 0 Å². The Kier molecular flexibility index (Phi) is 3.94. The Hall–Kier alpha value is -0.540. The fourth-order valence-corrected chi connectivity index (χ4v) is 2.64. The summed E-state index contributed by atoms with van der Waals surface area (Å²) >= 11 is 6.34. The standard InChI is InChI=1S/C13H22ClNO2/c1-9(2)11(16)17-10-7-12(3,4)15(14)13(5,6)8-10/h10H,1,7-8H2,2-6H3. The van der Waals surface area contributed by atoms with Gasteiger partial charge in [-0.2, -0.15) is 0 Å². The Morgan fingerprint density at radius 2 is 1.71 bits per heavy atom. The van der Waals surface area contributed by atoms with Crippen LogP contribution < -0.4 is 0 Å². The molecule has 1 rings (SSSR count). The van der Waals surface area contributed by atoms with Gasteiger partial charge in [-0.15, -0.1) is 0 Å². The van der Waals surface area contributed by atoms with Gasteiger partial charge >= 0.3 is 5.97 Å². The van der Waals surface area contributed by atoms with E-state index in [2.05, 4.69) is 34.3 Å². The molecule has 17 heavy (non-hydrogen) atoms. The lowest BCUT2D eigenvalue weighted by molar-refractivity contribution is -0.151. The zero-order valence-electron chi connectivity index (χ0n) is 11.3. The van der Waals surface area contributed by atoms with Crippen molar-refractivity contribution in [1.29, 1.82) is 0 Å². The van der Waals surface area contributed by atoms with Gasteiger partial charge in [0, 0.05) is 29.5 Å². The molecule has 0 N–H and O–H groups in total. The van der Waals surface area contributed by atoms with Gasteiger partial charge in [-0.3, -0.25) is 0 Å². The Bertz CT molecular complexity index is 318. The first-order valence-electron chi connectivity index (χ1n) is 5.89. The van der Waals surface area contributed by atoms with Gasteiger partial charge in [0.15, 0.2) is 0 Å². The van der Waals surface area contributed by atoms with Crippen LogP contribution in [0.25, 0.3) is 0 Å². The molecular weight excluding hydrogens is 238 g/mol. The van der Waals surface area contributed by atoms with Crippen LogP contribution in [0.4, 0.5) is 0 Å². The van der Waals surface area contributed by atoms with Crippen molar-refractivity contribution in [2.24, 2.45) is 0 Å². The number of carbonyl (C=O) groups is 1. The van der Waals surface area contributed by atoms with E-state index in [0.717, 1.165) is 12.8 Å². The molecule has 0 aliphatic carbocycles. The molecule has 1 heterocycles. The number of piperidine rings is 1. The topological polar surface area (TPSA) is 29.5 Å². The maximum Gasteiger partial charge on any atom is 0.333 e. The van der Waals surface area contributed by atoms with Gasteiger partial charge in [-0.1, -0.05) is 6.58 Å². The number of halogens is 1. The van der Waals surface area contributed by atoms with Crippen LogP contribution in [0.1, 0.15) is 47.5 Å². The minimum Gasteiger partial charge on any atom is -0.459 e. The summed E-state index contributed by atoms with van der Waals surface area (Å²) in [6.07, 6.45) is 1.37. The number of hydrogen-bond donors (Lipinski definition) is 0. The van der Waals surface area contributed by atoms with E-state index in [0.29, 0.717) is 5.57 Å². The van der Waals surface area contributed by atoms with E-state index >= 15 is 0 Å². The highest BCUT2D eigenvalue weighted by Crippen LogP contribution is 2.41. The molecule has 0 aromatic rings. The summed E-state index contributed by atoms with van der Waals surface area (Å²) in [5, 5.41) is 0. The number of ether oxygens (including phenoxy) is 1. The number of esters is 1. The van der Waals surface area contributed by atoms with Crippen molar-refractivity contribution in [3.05, 3.63) is 12.2 Å². The van der Waals surface area contributed by atoms with Crippen LogP contribution in [0.5, 0.6) is 0 Å². The first-order chi connectivity index (χ1) is 7.56. The summed E-state index contributed by atoms with van der Waals surface area (Å²) in [4.78, 5) is 11.5. The molecule has 0 unspecified atom stereocenters. The summed E-state index contributed by atoms with van der Waals surface area (Å²) in [6.45, 7) is 13.5. The van der Waals surface area contributed by atoms with E-state index in [-0.39, 0.29) is 23.2 Å². The van der Waals surface area contributed by atoms with Crippen LogP contribution in [-0.4, -0.2) is 27.6 Å². The van der Waals surface area contributed by atoms with Crippen LogP contribution >= 0.6 is 11.8 Å². The Morgan fingerprint density at radius 3 is 2.06 bits per heavy atom. The van der Waals surface area contributed by atoms with Gasteiger partial charge in [0.2, 0.25) is 0 Å². The molecule has 0 atom stereocenters. The average Bonchev–Trinajstić information content (AvgIpc) is 2.12. The molecule has 1 fully saturated rings. The van der Waals surface area contributed by atoms with E-state index in [9.17, 15) is 4.79 Å². The highest BCUT2D eigenvalue weighted by atomic mass is 35.5. The molecule has 0 amide bonds. The van der Waals surface area contributed by atoms with Crippen LogP contribution in [0.2, 0.25) is 0 Å². The lowest BCUT2D eigenvalue weighted by Crippen LogP contribution is -2.57. The second-order valence-corrected chi connectivity index (χ2v) is 6.46. The minimum absolute atomic E-state index is 0.0980. The summed E-state index contributed by atoms with van der Waals surface area (Å²) < 4.78 is 7.29. The predicted molar refractivity (Wildman–Crippen MR) is 69.8 cm³/mol. The van der Waals surface area contributed by atoms with Crippen molar-refractivity contribution in [1.82, 2.24) is 4.42 Å². The lowest BCUT2D eigenvalue weighted by Gasteiger charge is -2.50. The highest BCUT2D eigenvalue weighted by Gasteiger charge is 2.46. The first-order valence-corrected chi connectivity index (χ1v) is 6.23. The summed E-state index contributed by atoms with van der Waals surface area (Å²) in [5.74, 6) is -0.315. The Labute approximate surface area is 109 Å². The van der Waals surface area contributed by atoms with Crippen LogP contribution in [-0.2, 0) is 9.53 Å². The van der Waals surface area contributed by atoms with Gasteiger partial charge in [0.05, 0.1) is 0 Å². The first kappa shape index (κ1) is 14.5. The number of carbonyl (C=O) groups excluding carboxylic acids is 1. The highest BCUT2D eigenvalue weighted by molar-refractivity contribution is 6.14. The van der Waals surface area contributed by atoms with Gasteiger partial charge in [-0.25, -0.2) is 9.21 Å². The van der Waals surface area contributed by atoms with Gasteiger partial charge in [0.1, 0.15) is 6.10 Å². The van der Waals surface area contributed by atoms with E-state index in [1.165, 1.54) is 0 Å². The Morgan fingerprint density at radius 1 is 1.29 bits per heavy atom. The molecule has 98 valence electrons. The van der Waals surface area contributed by atoms with Crippen LogP contribution in [0.15, 0.2) is 12.2 Å². The molecule has 1 saturated heterocycles. The van der Waals surface area contributed by atoms with Crippen molar-refractivity contribution in [3.63, 3.8) is 0 Å². The second-order valence-electron chi connectivity index (χ2n) is 6.12. The SMILES string of the molecule is C=C(C)C(=O)OC1CC(C)(C)N(Cl)C(C)(C)C1. The summed E-state index contributed by atoms with van der Waals surface area (Å²) in [6, 6.07) is 0. The van der Waals surface area contributed by atoms with E-state index in [1.54, 1.807) is 6.92 Å². The zero-order chi connectivity index (χ0) is 13.4. The van der Waals surface area contributed by atoms with E-state index in [1.807, 2.05) is 4.42 Å². The van der Waals surface area contributed by atoms with Gasteiger partial charge in [-0.05, 0) is 46.4 Å². The summed E-state index contributed by atoms with van der Waals surface area (Å²) in [5.41, 5.74) is 0.0565. The molecule has 1 aliphatic heterocycles. The van der Waals surface area contributed by atoms with Crippen LogP contribution in [0, 0.1) is 0 Å². The zero-order valence-corrected chi connectivity index (χ0v) is 12.1. The monoisotopic (exact) mass is 259 g/mol. The normalized spacial score (nSPS) is 24.4. The fourth-order valence-electron chi connectivity index (χ4n) is 2.50. The molecule has 0 aromatic heterocycles. The molecule has 0 radical (unpaired) electrons. The third kappa shape index (κ3) is 3.23. The molecule has 0 aromatic carbocycles. The third-order valence-corrected chi connectivity index (χ3v) is 4.05. The molecule has 4 heteroatoms. The maximum atomic E-state index is 11.5. The van der Waals surface area contributed by atoms with Gasteiger partial charge in [0.25, 0.3) is 0 Å². The molecule has 3 nitrogen and oxygen atoms in total. The van der Waals surface area contributed by atoms with Crippen molar-refractivity contribution in [2.45, 2.75) is 64.6 Å². The van der Waals surface area contributed by atoms with E-state index < -0.39 is 0 Å². The van der Waals surface area contributed by atoms with E-state index in [4.69, 9.17) is 16.5 Å².